The van der Waals surface area contributed by atoms with Crippen molar-refractivity contribution in [2.45, 2.75) is 0 Å². The van der Waals surface area contributed by atoms with E-state index in [9.17, 15) is 5.11 Å². The predicted octanol–water partition coefficient (Wildman–Crippen LogP) is 0.731. The van der Waals surface area contributed by atoms with Crippen LogP contribution >= 0.6 is 0 Å². The predicted molar refractivity (Wildman–Crippen MR) is 71.3 cm³/mol. The standard InChI is InChI=1S/C13H19N3O2/c1-16(10-17)13(11-6-3-2-4-7-11)12(14)8-5-9-15-18/h2-8,15,17-18H,9-10,14H2,1H3/b8-5+,13-12+. The van der Waals surface area contributed by atoms with Crippen LogP contribution in [0.4, 0.5) is 0 Å². The van der Waals surface area contributed by atoms with Crippen LogP contribution in [0.25, 0.3) is 5.70 Å². The van der Waals surface area contributed by atoms with Crippen LogP contribution in [0, 0.1) is 0 Å². The lowest BCUT2D eigenvalue weighted by molar-refractivity contribution is 0.179. The Morgan fingerprint density at radius 2 is 2.06 bits per heavy atom. The maximum absolute atomic E-state index is 9.25. The van der Waals surface area contributed by atoms with Gasteiger partial charge in [-0.15, -0.1) is 0 Å². The average molecular weight is 249 g/mol. The molecule has 0 amide bonds. The van der Waals surface area contributed by atoms with Crippen LogP contribution in [0.2, 0.25) is 0 Å². The summed E-state index contributed by atoms with van der Waals surface area (Å²) in [6.07, 6.45) is 3.39. The van der Waals surface area contributed by atoms with Gasteiger partial charge >= 0.3 is 0 Å². The third-order valence-corrected chi connectivity index (χ3v) is 2.42. The van der Waals surface area contributed by atoms with Gasteiger partial charge in [0.15, 0.2) is 0 Å². The highest BCUT2D eigenvalue weighted by molar-refractivity contribution is 5.68. The Bertz CT molecular complexity index is 416. The van der Waals surface area contributed by atoms with Crippen LogP contribution in [-0.4, -0.2) is 35.5 Å². The van der Waals surface area contributed by atoms with E-state index in [0.29, 0.717) is 12.2 Å². The van der Waals surface area contributed by atoms with Gasteiger partial charge in [-0.2, -0.15) is 0 Å². The van der Waals surface area contributed by atoms with E-state index in [2.05, 4.69) is 0 Å². The molecule has 0 heterocycles. The van der Waals surface area contributed by atoms with Crippen LogP contribution < -0.4 is 11.2 Å². The second-order valence-electron chi connectivity index (χ2n) is 3.77. The third-order valence-electron chi connectivity index (χ3n) is 2.42. The molecule has 0 atom stereocenters. The van der Waals surface area contributed by atoms with Crippen molar-refractivity contribution in [1.82, 2.24) is 10.4 Å². The summed E-state index contributed by atoms with van der Waals surface area (Å²) in [5.41, 5.74) is 10.2. The smallest absolute Gasteiger partial charge is 0.115 e. The summed E-state index contributed by atoms with van der Waals surface area (Å²) in [5, 5.41) is 17.7. The van der Waals surface area contributed by atoms with Crippen LogP contribution in [0.15, 0.2) is 48.2 Å². The van der Waals surface area contributed by atoms with Gasteiger partial charge in [-0.3, -0.25) is 0 Å². The summed E-state index contributed by atoms with van der Waals surface area (Å²) in [6.45, 7) is 0.183. The molecule has 0 aliphatic carbocycles. The van der Waals surface area contributed by atoms with E-state index in [1.54, 1.807) is 24.1 Å². The van der Waals surface area contributed by atoms with Gasteiger partial charge in [-0.25, -0.2) is 5.48 Å². The summed E-state index contributed by atoms with van der Waals surface area (Å²) in [5.74, 6) is 0. The number of aliphatic hydroxyl groups excluding tert-OH is 1. The van der Waals surface area contributed by atoms with Crippen molar-refractivity contribution in [3.05, 3.63) is 53.7 Å². The molecule has 0 aliphatic rings. The quantitative estimate of drug-likeness (QED) is 0.339. The van der Waals surface area contributed by atoms with E-state index in [4.69, 9.17) is 10.9 Å². The topological polar surface area (TPSA) is 81.8 Å². The van der Waals surface area contributed by atoms with Crippen molar-refractivity contribution >= 4 is 5.70 Å². The Hall–Kier alpha value is -1.82. The number of nitrogens with zero attached hydrogens (tertiary/aromatic N) is 1. The van der Waals surface area contributed by atoms with Gasteiger partial charge in [-0.1, -0.05) is 36.4 Å². The van der Waals surface area contributed by atoms with Gasteiger partial charge < -0.3 is 20.9 Å². The summed E-state index contributed by atoms with van der Waals surface area (Å²) in [6, 6.07) is 9.58. The summed E-state index contributed by atoms with van der Waals surface area (Å²) < 4.78 is 0. The molecule has 98 valence electrons. The first-order chi connectivity index (χ1) is 8.70. The molecule has 0 saturated carbocycles. The number of hydroxylamine groups is 1. The molecule has 5 N–H and O–H groups in total. The van der Waals surface area contributed by atoms with Crippen LogP contribution in [0.5, 0.6) is 0 Å². The third kappa shape index (κ3) is 3.89. The molecule has 1 aromatic rings. The number of nitrogens with one attached hydrogen (secondary N) is 1. The Labute approximate surface area is 107 Å². The first kappa shape index (κ1) is 14.2. The monoisotopic (exact) mass is 249 g/mol. The number of rotatable bonds is 6. The molecule has 0 fully saturated rings. The molecule has 0 spiro atoms. The van der Waals surface area contributed by atoms with Gasteiger partial charge in [0.2, 0.25) is 0 Å². The lowest BCUT2D eigenvalue weighted by Gasteiger charge is -2.21. The molecule has 0 saturated heterocycles. The van der Waals surface area contributed by atoms with Gasteiger partial charge in [0.1, 0.15) is 6.73 Å². The molecular weight excluding hydrogens is 230 g/mol. The first-order valence-electron chi connectivity index (χ1n) is 5.61. The maximum Gasteiger partial charge on any atom is 0.115 e. The molecule has 0 aliphatic heterocycles. The number of benzene rings is 1. The van der Waals surface area contributed by atoms with Gasteiger partial charge in [0, 0.05) is 13.6 Å². The Balaban J connectivity index is 3.09. The minimum atomic E-state index is -0.128. The van der Waals surface area contributed by atoms with Crippen molar-refractivity contribution in [3.63, 3.8) is 0 Å². The summed E-state index contributed by atoms with van der Waals surface area (Å²) in [7, 11) is 1.76. The van der Waals surface area contributed by atoms with Crippen molar-refractivity contribution < 1.29 is 10.3 Å². The molecule has 5 nitrogen and oxygen atoms in total. The molecule has 1 aromatic carbocycles. The molecule has 1 rings (SSSR count). The lowest BCUT2D eigenvalue weighted by Crippen LogP contribution is -2.21. The zero-order chi connectivity index (χ0) is 13.4. The van der Waals surface area contributed by atoms with E-state index in [1.165, 1.54) is 0 Å². The van der Waals surface area contributed by atoms with Crippen molar-refractivity contribution in [2.24, 2.45) is 5.73 Å². The highest BCUT2D eigenvalue weighted by Gasteiger charge is 2.09. The van der Waals surface area contributed by atoms with Crippen molar-refractivity contribution in [1.29, 1.82) is 0 Å². The van der Waals surface area contributed by atoms with Crippen LogP contribution in [-0.2, 0) is 0 Å². The molecule has 0 aromatic heterocycles. The molecule has 5 heteroatoms. The fourth-order valence-corrected chi connectivity index (χ4v) is 1.59. The van der Waals surface area contributed by atoms with Crippen LogP contribution in [0.1, 0.15) is 5.56 Å². The largest absolute Gasteiger partial charge is 0.397 e. The number of nitrogens with two attached hydrogens (primary N) is 1. The first-order valence-corrected chi connectivity index (χ1v) is 5.61. The molecule has 0 radical (unpaired) electrons. The van der Waals surface area contributed by atoms with E-state index in [-0.39, 0.29) is 6.73 Å². The normalized spacial score (nSPS) is 12.6. The van der Waals surface area contributed by atoms with E-state index in [1.807, 2.05) is 35.8 Å². The summed E-state index contributed by atoms with van der Waals surface area (Å²) in [4.78, 5) is 1.65. The Kier molecular flexibility index (Phi) is 5.93. The maximum atomic E-state index is 9.25. The highest BCUT2D eigenvalue weighted by Crippen LogP contribution is 2.19. The fraction of sp³-hybridized carbons (Fsp3) is 0.231. The van der Waals surface area contributed by atoms with Crippen LogP contribution in [0.3, 0.4) is 0 Å². The summed E-state index contributed by atoms with van der Waals surface area (Å²) >= 11 is 0. The minimum Gasteiger partial charge on any atom is -0.397 e. The molecule has 0 bridgehead atoms. The van der Waals surface area contributed by atoms with Gasteiger partial charge in [0.05, 0.1) is 11.4 Å². The van der Waals surface area contributed by atoms with Gasteiger partial charge in [-0.05, 0) is 11.6 Å². The number of aliphatic hydroxyl groups is 1. The second kappa shape index (κ2) is 7.50. The fourth-order valence-electron chi connectivity index (χ4n) is 1.59. The zero-order valence-electron chi connectivity index (χ0n) is 10.4. The Morgan fingerprint density at radius 1 is 1.39 bits per heavy atom. The number of hydrogen-bond donors (Lipinski definition) is 4. The minimum absolute atomic E-state index is 0.128. The van der Waals surface area contributed by atoms with Crippen molar-refractivity contribution in [3.8, 4) is 0 Å². The van der Waals surface area contributed by atoms with E-state index < -0.39 is 0 Å². The Morgan fingerprint density at radius 3 is 2.61 bits per heavy atom. The average Bonchev–Trinajstić information content (AvgIpc) is 2.40. The molecule has 0 unspecified atom stereocenters. The van der Waals surface area contributed by atoms with E-state index >= 15 is 0 Å². The SMILES string of the molecule is CN(CO)/C(=C(N)\C=C\CNO)c1ccccc1. The highest BCUT2D eigenvalue weighted by atomic mass is 16.5. The molecule has 18 heavy (non-hydrogen) atoms. The zero-order valence-corrected chi connectivity index (χ0v) is 10.4. The lowest BCUT2D eigenvalue weighted by atomic mass is 10.1. The van der Waals surface area contributed by atoms with Crippen molar-refractivity contribution in [2.75, 3.05) is 20.3 Å². The number of allylic oxidation sites excluding steroid dienone is 1. The molecular formula is C13H19N3O2. The van der Waals surface area contributed by atoms with Gasteiger partial charge in [0.25, 0.3) is 0 Å². The number of hydrogen-bond acceptors (Lipinski definition) is 5. The van der Waals surface area contributed by atoms with E-state index in [0.717, 1.165) is 11.3 Å². The second-order valence-corrected chi connectivity index (χ2v) is 3.77.